The molecule has 0 fully saturated rings. The van der Waals surface area contributed by atoms with Crippen molar-refractivity contribution in [2.75, 3.05) is 37.4 Å². The normalized spacial score (nSPS) is 18.3. The standard InChI is InChI=1S/C28H31F3N4O6S2/c1-17-14-35(18(2)16-36)26(37)22-13-21(33-27(38)32-20-8-6-19(7-9-20)28(29,30)31)10-11-23(22)41-24(17)15-34(3)43(39,40)25-5-4-12-42-25/h4-13,17-18,24,36H,14-16H2,1-3H3,(H2,32,33,38)/t17-,18+,24+/m1/s1. The largest absolute Gasteiger partial charge is 0.488 e. The Labute approximate surface area is 251 Å². The first-order chi connectivity index (χ1) is 20.2. The van der Waals surface area contributed by atoms with Crippen LogP contribution in [0, 0.1) is 5.92 Å². The maximum absolute atomic E-state index is 13.6. The minimum atomic E-state index is -4.51. The fourth-order valence-corrected chi connectivity index (χ4v) is 6.85. The Kier molecular flexibility index (Phi) is 9.69. The second-order valence-electron chi connectivity index (χ2n) is 10.2. The molecule has 3 atom stereocenters. The predicted molar refractivity (Wildman–Crippen MR) is 156 cm³/mol. The molecular weight excluding hydrogens is 609 g/mol. The van der Waals surface area contributed by atoms with Gasteiger partial charge in [0.15, 0.2) is 0 Å². The van der Waals surface area contributed by atoms with Gasteiger partial charge in [0.1, 0.15) is 16.1 Å². The monoisotopic (exact) mass is 640 g/mol. The number of sulfonamides is 1. The molecule has 43 heavy (non-hydrogen) atoms. The number of urea groups is 1. The van der Waals surface area contributed by atoms with Gasteiger partial charge >= 0.3 is 12.2 Å². The van der Waals surface area contributed by atoms with Crippen molar-refractivity contribution in [2.24, 2.45) is 5.92 Å². The SMILES string of the molecule is C[C@@H]1CN([C@@H](C)CO)C(=O)c2cc(NC(=O)Nc3ccc(C(F)(F)F)cc3)ccc2O[C@H]1CN(C)S(=O)(=O)c1cccs1. The number of halogens is 3. The lowest BCUT2D eigenvalue weighted by atomic mass is 9.99. The highest BCUT2D eigenvalue weighted by atomic mass is 32.2. The second-order valence-corrected chi connectivity index (χ2v) is 13.4. The van der Waals surface area contributed by atoms with Gasteiger partial charge in [0.05, 0.1) is 30.3 Å². The average Bonchev–Trinajstić information content (AvgIpc) is 3.51. The molecule has 0 aliphatic carbocycles. The highest BCUT2D eigenvalue weighted by Gasteiger charge is 2.35. The molecule has 0 radical (unpaired) electrons. The Bertz CT molecular complexity index is 1550. The number of aliphatic hydroxyl groups is 1. The van der Waals surface area contributed by atoms with Gasteiger partial charge < -0.3 is 25.4 Å². The van der Waals surface area contributed by atoms with E-state index in [0.717, 1.165) is 35.6 Å². The van der Waals surface area contributed by atoms with Gasteiger partial charge in [0.25, 0.3) is 15.9 Å². The summed E-state index contributed by atoms with van der Waals surface area (Å²) < 4.78 is 72.2. The highest BCUT2D eigenvalue weighted by Crippen LogP contribution is 2.32. The first-order valence-corrected chi connectivity index (χ1v) is 15.5. The van der Waals surface area contributed by atoms with Crippen molar-refractivity contribution in [3.05, 3.63) is 71.1 Å². The molecule has 3 amide bonds. The van der Waals surface area contributed by atoms with E-state index < -0.39 is 45.8 Å². The fraction of sp³-hybridized carbons (Fsp3) is 0.357. The van der Waals surface area contributed by atoms with E-state index in [0.29, 0.717) is 0 Å². The topological polar surface area (TPSA) is 128 Å². The summed E-state index contributed by atoms with van der Waals surface area (Å²) in [5, 5.41) is 16.5. The molecule has 1 aliphatic rings. The van der Waals surface area contributed by atoms with Crippen LogP contribution in [0.2, 0.25) is 0 Å². The molecule has 4 rings (SSSR count). The predicted octanol–water partition coefficient (Wildman–Crippen LogP) is 4.95. The van der Waals surface area contributed by atoms with Gasteiger partial charge in [-0.15, -0.1) is 11.3 Å². The van der Waals surface area contributed by atoms with E-state index in [-0.39, 0.29) is 52.5 Å². The molecule has 0 bridgehead atoms. The van der Waals surface area contributed by atoms with Gasteiger partial charge in [-0.25, -0.2) is 13.2 Å². The van der Waals surface area contributed by atoms with E-state index in [9.17, 15) is 36.3 Å². The van der Waals surface area contributed by atoms with E-state index in [4.69, 9.17) is 4.74 Å². The van der Waals surface area contributed by atoms with Crippen LogP contribution in [-0.2, 0) is 16.2 Å². The summed E-state index contributed by atoms with van der Waals surface area (Å²) in [5.41, 5.74) is -0.464. The molecular formula is C28H31F3N4O6S2. The van der Waals surface area contributed by atoms with E-state index in [2.05, 4.69) is 10.6 Å². The maximum Gasteiger partial charge on any atom is 0.416 e. The molecule has 15 heteroatoms. The third-order valence-electron chi connectivity index (χ3n) is 6.99. The number of benzene rings is 2. The average molecular weight is 641 g/mol. The van der Waals surface area contributed by atoms with Crippen LogP contribution in [0.1, 0.15) is 29.8 Å². The van der Waals surface area contributed by atoms with Gasteiger partial charge in [0.2, 0.25) is 0 Å². The van der Waals surface area contributed by atoms with Crippen molar-refractivity contribution < 1.29 is 41.0 Å². The number of anilines is 2. The van der Waals surface area contributed by atoms with Crippen molar-refractivity contribution in [1.29, 1.82) is 0 Å². The molecule has 2 heterocycles. The zero-order valence-electron chi connectivity index (χ0n) is 23.5. The number of hydrogen-bond acceptors (Lipinski definition) is 7. The summed E-state index contributed by atoms with van der Waals surface area (Å²) in [4.78, 5) is 27.7. The Morgan fingerprint density at radius 2 is 1.81 bits per heavy atom. The number of nitrogens with zero attached hydrogens (tertiary/aromatic N) is 2. The van der Waals surface area contributed by atoms with Crippen molar-refractivity contribution in [3.8, 4) is 5.75 Å². The number of amides is 3. The summed E-state index contributed by atoms with van der Waals surface area (Å²) in [6.07, 6.45) is -5.19. The minimum absolute atomic E-state index is 0.0219. The lowest BCUT2D eigenvalue weighted by Crippen LogP contribution is -2.50. The molecule has 1 aliphatic heterocycles. The first kappa shape index (κ1) is 32.3. The minimum Gasteiger partial charge on any atom is -0.488 e. The summed E-state index contributed by atoms with van der Waals surface area (Å²) in [5.74, 6) is -0.639. The first-order valence-electron chi connectivity index (χ1n) is 13.2. The molecule has 0 saturated heterocycles. The Balaban J connectivity index is 1.58. The maximum atomic E-state index is 13.6. The third kappa shape index (κ3) is 7.47. The van der Waals surface area contributed by atoms with Crippen LogP contribution in [0.25, 0.3) is 0 Å². The van der Waals surface area contributed by atoms with Crippen molar-refractivity contribution in [2.45, 2.75) is 36.4 Å². The smallest absolute Gasteiger partial charge is 0.416 e. The Morgan fingerprint density at radius 3 is 2.42 bits per heavy atom. The van der Waals surface area contributed by atoms with Crippen LogP contribution in [0.3, 0.4) is 0 Å². The Hall–Kier alpha value is -3.66. The van der Waals surface area contributed by atoms with Gasteiger partial charge in [0, 0.05) is 30.9 Å². The second kappa shape index (κ2) is 12.9. The molecule has 3 aromatic rings. The Morgan fingerprint density at radius 1 is 1.16 bits per heavy atom. The lowest BCUT2D eigenvalue weighted by molar-refractivity contribution is -0.137. The number of alkyl halides is 3. The number of aliphatic hydroxyl groups excluding tert-OH is 1. The molecule has 0 spiro atoms. The van der Waals surface area contributed by atoms with Crippen molar-refractivity contribution in [3.63, 3.8) is 0 Å². The number of fused-ring (bicyclic) bond motifs is 1. The summed E-state index contributed by atoms with van der Waals surface area (Å²) >= 11 is 1.10. The van der Waals surface area contributed by atoms with Gasteiger partial charge in [-0.2, -0.15) is 17.5 Å². The molecule has 2 aromatic carbocycles. The van der Waals surface area contributed by atoms with E-state index in [1.165, 1.54) is 40.5 Å². The quantitative estimate of drug-likeness (QED) is 0.320. The number of thiophene rings is 1. The highest BCUT2D eigenvalue weighted by molar-refractivity contribution is 7.91. The summed E-state index contributed by atoms with van der Waals surface area (Å²) in [7, 11) is -2.33. The van der Waals surface area contributed by atoms with E-state index in [1.54, 1.807) is 18.4 Å². The molecule has 0 saturated carbocycles. The van der Waals surface area contributed by atoms with Crippen LogP contribution in [0.5, 0.6) is 5.75 Å². The lowest BCUT2D eigenvalue weighted by Gasteiger charge is -2.38. The molecule has 10 nitrogen and oxygen atoms in total. The fourth-order valence-electron chi connectivity index (χ4n) is 4.47. The number of rotatable bonds is 8. The summed E-state index contributed by atoms with van der Waals surface area (Å²) in [6, 6.07) is 10.1. The molecule has 3 N–H and O–H groups in total. The van der Waals surface area contributed by atoms with Crippen molar-refractivity contribution in [1.82, 2.24) is 9.21 Å². The van der Waals surface area contributed by atoms with Crippen LogP contribution in [0.15, 0.2) is 64.2 Å². The third-order valence-corrected chi connectivity index (χ3v) is 10.2. The van der Waals surface area contributed by atoms with Gasteiger partial charge in [-0.05, 0) is 60.8 Å². The van der Waals surface area contributed by atoms with Crippen molar-refractivity contribution >= 4 is 44.7 Å². The van der Waals surface area contributed by atoms with Crippen LogP contribution >= 0.6 is 11.3 Å². The van der Waals surface area contributed by atoms with Crippen LogP contribution in [-0.4, -0.2) is 73.6 Å². The van der Waals surface area contributed by atoms with Crippen LogP contribution < -0.4 is 15.4 Å². The zero-order valence-corrected chi connectivity index (χ0v) is 25.1. The molecule has 1 aromatic heterocycles. The molecule has 0 unspecified atom stereocenters. The van der Waals surface area contributed by atoms with Crippen LogP contribution in [0.4, 0.5) is 29.3 Å². The molecule has 232 valence electrons. The number of nitrogens with one attached hydrogen (secondary N) is 2. The van der Waals surface area contributed by atoms with E-state index >= 15 is 0 Å². The number of carbonyl (C=O) groups is 2. The summed E-state index contributed by atoms with van der Waals surface area (Å²) in [6.45, 7) is 3.32. The zero-order chi connectivity index (χ0) is 31.5. The number of ether oxygens (including phenoxy) is 1. The number of likely N-dealkylation sites (N-methyl/N-ethyl adjacent to an activating group) is 1. The van der Waals surface area contributed by atoms with Gasteiger partial charge in [-0.3, -0.25) is 4.79 Å². The van der Waals surface area contributed by atoms with Gasteiger partial charge in [-0.1, -0.05) is 13.0 Å². The number of hydrogen-bond donors (Lipinski definition) is 3. The number of carbonyl (C=O) groups excluding carboxylic acids is 2. The van der Waals surface area contributed by atoms with E-state index in [1.807, 2.05) is 6.92 Å².